The minimum absolute atomic E-state index is 0.202. The number of carbonyl (C=O) groups is 1. The van der Waals surface area contributed by atoms with E-state index < -0.39 is 24.9 Å². The van der Waals surface area contributed by atoms with Gasteiger partial charge in [0, 0.05) is 19.5 Å². The lowest BCUT2D eigenvalue weighted by Gasteiger charge is -2.34. The van der Waals surface area contributed by atoms with E-state index in [2.05, 4.69) is 15.4 Å². The van der Waals surface area contributed by atoms with Crippen LogP contribution in [0.3, 0.4) is 0 Å². The summed E-state index contributed by atoms with van der Waals surface area (Å²) in [7, 11) is 0. The van der Waals surface area contributed by atoms with E-state index >= 15 is 0 Å². The Labute approximate surface area is 120 Å². The van der Waals surface area contributed by atoms with Gasteiger partial charge in [0.15, 0.2) is 0 Å². The van der Waals surface area contributed by atoms with Gasteiger partial charge in [0.2, 0.25) is 5.91 Å². The van der Waals surface area contributed by atoms with Gasteiger partial charge < -0.3 is 9.64 Å². The Kier molecular flexibility index (Phi) is 3.85. The maximum atomic E-state index is 13.2. The number of hydrogen-bond acceptors (Lipinski definition) is 5. The van der Waals surface area contributed by atoms with Gasteiger partial charge in [0.1, 0.15) is 12.7 Å². The number of carbonyl (C=O) groups excluding carboxylic acids is 1. The molecule has 2 fully saturated rings. The molecule has 9 heteroatoms. The molecule has 2 atom stereocenters. The van der Waals surface area contributed by atoms with E-state index in [1.165, 1.54) is 6.33 Å². The molecule has 0 spiro atoms. The van der Waals surface area contributed by atoms with Crippen molar-refractivity contribution in [2.75, 3.05) is 26.2 Å². The van der Waals surface area contributed by atoms with Crippen LogP contribution in [0.5, 0.6) is 0 Å². The van der Waals surface area contributed by atoms with Crippen LogP contribution >= 0.6 is 0 Å². The molecule has 1 amide bonds. The second-order valence-electron chi connectivity index (χ2n) is 5.39. The molecule has 0 aliphatic carbocycles. The maximum Gasteiger partial charge on any atom is 0.262 e. The summed E-state index contributed by atoms with van der Waals surface area (Å²) >= 11 is 0. The molecule has 0 aromatic carbocycles. The van der Waals surface area contributed by atoms with Crippen LogP contribution < -0.4 is 5.32 Å². The number of nitrogens with one attached hydrogen (secondary N) is 1. The molecular formula is C12H17F2N5O2. The molecule has 1 aromatic rings. The summed E-state index contributed by atoms with van der Waals surface area (Å²) in [5.74, 6) is -3.08. The van der Waals surface area contributed by atoms with Crippen LogP contribution in [0.2, 0.25) is 0 Å². The average Bonchev–Trinajstić information content (AvgIpc) is 3.08. The van der Waals surface area contributed by atoms with E-state index in [4.69, 9.17) is 4.74 Å². The number of ether oxygens (including phenoxy) is 1. The van der Waals surface area contributed by atoms with Gasteiger partial charge in [-0.15, -0.1) is 0 Å². The first-order valence-corrected chi connectivity index (χ1v) is 6.87. The van der Waals surface area contributed by atoms with Crippen molar-refractivity contribution in [2.24, 2.45) is 0 Å². The second-order valence-corrected chi connectivity index (χ2v) is 5.39. The van der Waals surface area contributed by atoms with E-state index in [1.807, 2.05) is 0 Å². The third-order valence-corrected chi connectivity index (χ3v) is 3.72. The zero-order chi connectivity index (χ0) is 14.9. The minimum Gasteiger partial charge on any atom is -0.373 e. The van der Waals surface area contributed by atoms with Crippen LogP contribution in [0.25, 0.3) is 0 Å². The highest BCUT2D eigenvalue weighted by molar-refractivity contribution is 5.82. The third kappa shape index (κ3) is 3.35. The van der Waals surface area contributed by atoms with Crippen LogP contribution in [0, 0.1) is 0 Å². The monoisotopic (exact) mass is 301 g/mol. The van der Waals surface area contributed by atoms with E-state index in [-0.39, 0.29) is 12.0 Å². The summed E-state index contributed by atoms with van der Waals surface area (Å²) in [5.41, 5.74) is 0. The first-order valence-electron chi connectivity index (χ1n) is 6.87. The molecule has 3 heterocycles. The molecule has 3 rings (SSSR count). The fourth-order valence-corrected chi connectivity index (χ4v) is 2.68. The Morgan fingerprint density at radius 3 is 3.05 bits per heavy atom. The Balaban J connectivity index is 1.57. The molecule has 116 valence electrons. The average molecular weight is 301 g/mol. The number of morpholine rings is 1. The van der Waals surface area contributed by atoms with Gasteiger partial charge >= 0.3 is 0 Å². The highest BCUT2D eigenvalue weighted by Crippen LogP contribution is 2.26. The fourth-order valence-electron chi connectivity index (χ4n) is 2.68. The second kappa shape index (κ2) is 5.64. The van der Waals surface area contributed by atoms with Crippen molar-refractivity contribution in [1.82, 2.24) is 25.0 Å². The molecule has 2 aliphatic heterocycles. The lowest BCUT2D eigenvalue weighted by molar-refractivity contribution is -0.141. The van der Waals surface area contributed by atoms with E-state index in [0.29, 0.717) is 26.2 Å². The van der Waals surface area contributed by atoms with Crippen molar-refractivity contribution in [2.45, 2.75) is 31.0 Å². The number of hydrogen-bond donors (Lipinski definition) is 1. The van der Waals surface area contributed by atoms with Gasteiger partial charge in [0.25, 0.3) is 5.92 Å². The smallest absolute Gasteiger partial charge is 0.262 e. The molecule has 2 unspecified atom stereocenters. The first kappa shape index (κ1) is 14.3. The normalized spacial score (nSPS) is 28.8. The van der Waals surface area contributed by atoms with Crippen molar-refractivity contribution in [3.05, 3.63) is 12.7 Å². The maximum absolute atomic E-state index is 13.2. The molecule has 21 heavy (non-hydrogen) atoms. The summed E-state index contributed by atoms with van der Waals surface area (Å²) in [5, 5.41) is 6.58. The van der Waals surface area contributed by atoms with Crippen LogP contribution in [-0.2, 0) is 16.1 Å². The van der Waals surface area contributed by atoms with E-state index in [9.17, 15) is 13.6 Å². The molecule has 0 saturated carbocycles. The lowest BCUT2D eigenvalue weighted by atomic mass is 10.1. The largest absolute Gasteiger partial charge is 0.373 e. The number of rotatable bonds is 3. The summed E-state index contributed by atoms with van der Waals surface area (Å²) in [6.07, 6.45) is 2.36. The highest BCUT2D eigenvalue weighted by Gasteiger charge is 2.44. The predicted octanol–water partition coefficient (Wildman–Crippen LogP) is -0.497. The van der Waals surface area contributed by atoms with Crippen molar-refractivity contribution in [3.8, 4) is 0 Å². The summed E-state index contributed by atoms with van der Waals surface area (Å²) < 4.78 is 33.6. The Morgan fingerprint density at radius 2 is 2.38 bits per heavy atom. The number of nitrogens with zero attached hydrogens (tertiary/aromatic N) is 4. The van der Waals surface area contributed by atoms with Crippen LogP contribution in [0.4, 0.5) is 8.78 Å². The minimum atomic E-state index is -2.80. The summed E-state index contributed by atoms with van der Waals surface area (Å²) in [4.78, 5) is 17.7. The molecule has 1 N–H and O–H groups in total. The van der Waals surface area contributed by atoms with Gasteiger partial charge in [-0.3, -0.25) is 14.8 Å². The van der Waals surface area contributed by atoms with Crippen molar-refractivity contribution in [1.29, 1.82) is 0 Å². The molecular weight excluding hydrogens is 284 g/mol. The number of halogens is 2. The van der Waals surface area contributed by atoms with Crippen LogP contribution in [0.15, 0.2) is 12.7 Å². The van der Waals surface area contributed by atoms with Gasteiger partial charge in [-0.2, -0.15) is 5.10 Å². The summed E-state index contributed by atoms with van der Waals surface area (Å²) in [6.45, 7) is 1.25. The van der Waals surface area contributed by atoms with Gasteiger partial charge in [0.05, 0.1) is 31.8 Å². The van der Waals surface area contributed by atoms with Crippen LogP contribution in [-0.4, -0.2) is 69.9 Å². The van der Waals surface area contributed by atoms with E-state index in [1.54, 1.807) is 15.9 Å². The third-order valence-electron chi connectivity index (χ3n) is 3.72. The Hall–Kier alpha value is -1.61. The summed E-state index contributed by atoms with van der Waals surface area (Å²) in [6, 6.07) is -0.801. The fraction of sp³-hybridized carbons (Fsp3) is 0.750. The highest BCUT2D eigenvalue weighted by atomic mass is 19.3. The van der Waals surface area contributed by atoms with Crippen molar-refractivity contribution >= 4 is 5.91 Å². The number of aromatic nitrogens is 3. The van der Waals surface area contributed by atoms with Crippen molar-refractivity contribution < 1.29 is 18.3 Å². The van der Waals surface area contributed by atoms with Gasteiger partial charge in [-0.1, -0.05) is 0 Å². The zero-order valence-electron chi connectivity index (χ0n) is 11.4. The lowest BCUT2D eigenvalue weighted by Crippen LogP contribution is -2.52. The first-order chi connectivity index (χ1) is 10.0. The SMILES string of the molecule is O=C(C1CC(F)(F)CN1)N1CCOC(Cn2cncn2)C1. The number of alkyl halides is 2. The standard InChI is InChI=1S/C12H17F2N5O2/c13-12(14)3-10(16-6-12)11(20)18-1-2-21-9(4-18)5-19-8-15-7-17-19/h7-10,16H,1-6H2. The molecule has 0 radical (unpaired) electrons. The van der Waals surface area contributed by atoms with Crippen LogP contribution in [0.1, 0.15) is 6.42 Å². The van der Waals surface area contributed by atoms with Gasteiger partial charge in [-0.25, -0.2) is 13.8 Å². The predicted molar refractivity (Wildman–Crippen MR) is 67.7 cm³/mol. The quantitative estimate of drug-likeness (QED) is 0.815. The Morgan fingerprint density at radius 1 is 1.52 bits per heavy atom. The van der Waals surface area contributed by atoms with Crippen molar-refractivity contribution in [3.63, 3.8) is 0 Å². The molecule has 1 aromatic heterocycles. The van der Waals surface area contributed by atoms with Gasteiger partial charge in [-0.05, 0) is 0 Å². The van der Waals surface area contributed by atoms with E-state index in [0.717, 1.165) is 0 Å². The number of amides is 1. The molecule has 2 saturated heterocycles. The zero-order valence-corrected chi connectivity index (χ0v) is 11.4. The topological polar surface area (TPSA) is 72.3 Å². The molecule has 7 nitrogen and oxygen atoms in total. The molecule has 2 aliphatic rings. The Bertz CT molecular complexity index is 496. The molecule has 0 bridgehead atoms.